The van der Waals surface area contributed by atoms with Crippen LogP contribution < -0.4 is 5.32 Å². The fraction of sp³-hybridized carbons (Fsp3) is 0.600. The summed E-state index contributed by atoms with van der Waals surface area (Å²) < 4.78 is 5.45. The molecule has 4 rings (SSSR count). The number of ether oxygens (including phenoxy) is 1. The molecule has 0 aliphatic carbocycles. The fourth-order valence-electron chi connectivity index (χ4n) is 4.06. The number of hydrogen-bond acceptors (Lipinski definition) is 5. The predicted molar refractivity (Wildman–Crippen MR) is 106 cm³/mol. The number of carbonyl (C=O) groups excluding carboxylic acids is 2. The van der Waals surface area contributed by atoms with E-state index in [0.717, 1.165) is 68.6 Å². The van der Waals surface area contributed by atoms with Crippen LogP contribution in [-0.2, 0) is 9.53 Å². The molecular formula is C20H27N3O3S. The third-order valence-corrected chi connectivity index (χ3v) is 6.62. The lowest BCUT2D eigenvalue weighted by molar-refractivity contribution is -0.115. The lowest BCUT2D eigenvalue weighted by Gasteiger charge is -2.39. The summed E-state index contributed by atoms with van der Waals surface area (Å²) in [7, 11) is 0. The smallest absolute Gasteiger partial charge is 0.254 e. The van der Waals surface area contributed by atoms with E-state index >= 15 is 0 Å². The maximum Gasteiger partial charge on any atom is 0.254 e. The molecule has 2 fully saturated rings. The number of fused-ring (bicyclic) bond motifs is 1. The van der Waals surface area contributed by atoms with Gasteiger partial charge in [-0.05, 0) is 37.5 Å². The second-order valence-corrected chi connectivity index (χ2v) is 8.56. The van der Waals surface area contributed by atoms with E-state index in [1.54, 1.807) is 11.8 Å². The van der Waals surface area contributed by atoms with E-state index in [1.165, 1.54) is 6.42 Å². The third kappa shape index (κ3) is 4.47. The van der Waals surface area contributed by atoms with Gasteiger partial charge in [0.15, 0.2) is 0 Å². The number of rotatable bonds is 3. The van der Waals surface area contributed by atoms with Crippen LogP contribution in [-0.4, -0.2) is 72.8 Å². The lowest BCUT2D eigenvalue weighted by atomic mass is 10.00. The Bertz CT molecular complexity index is 706. The van der Waals surface area contributed by atoms with Crippen LogP contribution >= 0.6 is 11.8 Å². The van der Waals surface area contributed by atoms with Crippen molar-refractivity contribution in [1.82, 2.24) is 9.80 Å². The highest BCUT2D eigenvalue weighted by Gasteiger charge is 2.30. The van der Waals surface area contributed by atoms with Gasteiger partial charge < -0.3 is 15.0 Å². The normalized spacial score (nSPS) is 24.1. The summed E-state index contributed by atoms with van der Waals surface area (Å²) in [5.41, 5.74) is 1.44. The molecule has 1 atom stereocenters. The van der Waals surface area contributed by atoms with E-state index in [1.807, 2.05) is 23.1 Å². The van der Waals surface area contributed by atoms with Crippen LogP contribution in [0.3, 0.4) is 0 Å². The summed E-state index contributed by atoms with van der Waals surface area (Å²) in [4.78, 5) is 30.6. The summed E-state index contributed by atoms with van der Waals surface area (Å²) in [6.45, 7) is 5.19. The average Bonchev–Trinajstić information content (AvgIpc) is 2.88. The van der Waals surface area contributed by atoms with Crippen molar-refractivity contribution in [3.05, 3.63) is 23.8 Å². The number of hydrogen-bond donors (Lipinski definition) is 1. The molecular weight excluding hydrogens is 362 g/mol. The van der Waals surface area contributed by atoms with Crippen molar-refractivity contribution in [3.8, 4) is 0 Å². The molecule has 3 aliphatic heterocycles. The first-order valence-corrected chi connectivity index (χ1v) is 10.9. The Labute approximate surface area is 164 Å². The van der Waals surface area contributed by atoms with Crippen LogP contribution in [0.1, 0.15) is 36.0 Å². The molecule has 27 heavy (non-hydrogen) atoms. The monoisotopic (exact) mass is 389 g/mol. The first-order valence-electron chi connectivity index (χ1n) is 9.88. The summed E-state index contributed by atoms with van der Waals surface area (Å²) in [5, 5.41) is 2.94. The minimum Gasteiger partial charge on any atom is -0.379 e. The number of nitrogens with zero attached hydrogens (tertiary/aromatic N) is 2. The van der Waals surface area contributed by atoms with Crippen molar-refractivity contribution in [1.29, 1.82) is 0 Å². The second kappa shape index (κ2) is 8.63. The second-order valence-electron chi connectivity index (χ2n) is 7.42. The molecule has 1 aromatic rings. The standard InChI is InChI=1S/C20H27N3O3S/c24-19-6-12-27-18-5-4-15(13-17(18)21-19)20(25)23-7-2-1-3-16(23)14-22-8-10-26-11-9-22/h4-5,13,16H,1-3,6-12,14H2,(H,21,24)/t16-/m0/s1. The summed E-state index contributed by atoms with van der Waals surface area (Å²) in [6.07, 6.45) is 3.80. The fourth-order valence-corrected chi connectivity index (χ4v) is 5.00. The van der Waals surface area contributed by atoms with Gasteiger partial charge in [0.1, 0.15) is 0 Å². The molecule has 0 saturated carbocycles. The first kappa shape index (κ1) is 18.8. The van der Waals surface area contributed by atoms with Crippen LogP contribution in [0.15, 0.2) is 23.1 Å². The van der Waals surface area contributed by atoms with Gasteiger partial charge in [-0.2, -0.15) is 0 Å². The number of benzene rings is 1. The molecule has 1 aromatic carbocycles. The number of anilines is 1. The summed E-state index contributed by atoms with van der Waals surface area (Å²) in [6, 6.07) is 5.99. The lowest BCUT2D eigenvalue weighted by Crippen LogP contribution is -2.51. The molecule has 3 heterocycles. The van der Waals surface area contributed by atoms with Crippen LogP contribution in [0.2, 0.25) is 0 Å². The zero-order valence-electron chi connectivity index (χ0n) is 15.6. The van der Waals surface area contributed by atoms with E-state index in [4.69, 9.17) is 4.74 Å². The van der Waals surface area contributed by atoms with Gasteiger partial charge in [0.2, 0.25) is 5.91 Å². The van der Waals surface area contributed by atoms with Crippen LogP contribution in [0, 0.1) is 0 Å². The maximum atomic E-state index is 13.3. The van der Waals surface area contributed by atoms with E-state index in [0.29, 0.717) is 12.0 Å². The van der Waals surface area contributed by atoms with Crippen molar-refractivity contribution in [2.45, 2.75) is 36.6 Å². The average molecular weight is 390 g/mol. The van der Waals surface area contributed by atoms with Crippen LogP contribution in [0.5, 0.6) is 0 Å². The SMILES string of the molecule is O=C1CCSc2ccc(C(=O)N3CCCC[C@H]3CN3CCOCC3)cc2N1. The minimum absolute atomic E-state index is 0.0222. The molecule has 3 aliphatic rings. The van der Waals surface area contributed by atoms with Gasteiger partial charge in [0.25, 0.3) is 5.91 Å². The van der Waals surface area contributed by atoms with Gasteiger partial charge in [-0.25, -0.2) is 0 Å². The zero-order chi connectivity index (χ0) is 18.6. The molecule has 2 amide bonds. The van der Waals surface area contributed by atoms with Gasteiger partial charge in [-0.1, -0.05) is 0 Å². The number of amides is 2. The predicted octanol–water partition coefficient (Wildman–Crippen LogP) is 2.45. The Morgan fingerprint density at radius 2 is 2.07 bits per heavy atom. The molecule has 146 valence electrons. The van der Waals surface area contributed by atoms with E-state index in [2.05, 4.69) is 10.2 Å². The quantitative estimate of drug-likeness (QED) is 0.860. The van der Waals surface area contributed by atoms with E-state index < -0.39 is 0 Å². The van der Waals surface area contributed by atoms with Crippen molar-refractivity contribution in [3.63, 3.8) is 0 Å². The van der Waals surface area contributed by atoms with Gasteiger partial charge in [-0.15, -0.1) is 11.8 Å². The molecule has 0 aromatic heterocycles. The van der Waals surface area contributed by atoms with E-state index in [9.17, 15) is 9.59 Å². The van der Waals surface area contributed by atoms with Gasteiger partial charge in [-0.3, -0.25) is 14.5 Å². The zero-order valence-corrected chi connectivity index (χ0v) is 16.4. The highest BCUT2D eigenvalue weighted by atomic mass is 32.2. The number of likely N-dealkylation sites (tertiary alicyclic amines) is 1. The topological polar surface area (TPSA) is 61.9 Å². The molecule has 0 spiro atoms. The molecule has 0 radical (unpaired) electrons. The molecule has 7 heteroatoms. The highest BCUT2D eigenvalue weighted by Crippen LogP contribution is 2.32. The molecule has 0 unspecified atom stereocenters. The maximum absolute atomic E-state index is 13.3. The van der Waals surface area contributed by atoms with Crippen LogP contribution in [0.4, 0.5) is 5.69 Å². The van der Waals surface area contributed by atoms with Gasteiger partial charge in [0, 0.05) is 54.9 Å². The largest absolute Gasteiger partial charge is 0.379 e. The number of morpholine rings is 1. The first-order chi connectivity index (χ1) is 13.2. The molecule has 6 nitrogen and oxygen atoms in total. The number of thioether (sulfide) groups is 1. The Balaban J connectivity index is 1.50. The van der Waals surface area contributed by atoms with Gasteiger partial charge >= 0.3 is 0 Å². The molecule has 2 saturated heterocycles. The summed E-state index contributed by atoms with van der Waals surface area (Å²) >= 11 is 1.67. The van der Waals surface area contributed by atoms with Crippen molar-refractivity contribution in [2.24, 2.45) is 0 Å². The Morgan fingerprint density at radius 3 is 2.93 bits per heavy atom. The number of piperidine rings is 1. The van der Waals surface area contributed by atoms with E-state index in [-0.39, 0.29) is 17.9 Å². The minimum atomic E-state index is 0.0222. The van der Waals surface area contributed by atoms with Crippen molar-refractivity contribution in [2.75, 3.05) is 50.5 Å². The highest BCUT2D eigenvalue weighted by molar-refractivity contribution is 7.99. The van der Waals surface area contributed by atoms with Crippen molar-refractivity contribution < 1.29 is 14.3 Å². The van der Waals surface area contributed by atoms with Crippen molar-refractivity contribution >= 4 is 29.3 Å². The van der Waals surface area contributed by atoms with Gasteiger partial charge in [0.05, 0.1) is 18.9 Å². The Kier molecular flexibility index (Phi) is 6.00. The number of nitrogens with one attached hydrogen (secondary N) is 1. The molecule has 0 bridgehead atoms. The molecule has 1 N–H and O–H groups in total. The van der Waals surface area contributed by atoms with Crippen LogP contribution in [0.25, 0.3) is 0 Å². The number of carbonyl (C=O) groups is 2. The third-order valence-electron chi connectivity index (χ3n) is 5.55. The Hall–Kier alpha value is -1.57. The summed E-state index contributed by atoms with van der Waals surface area (Å²) in [5.74, 6) is 0.883. The Morgan fingerprint density at radius 1 is 1.22 bits per heavy atom.